The summed E-state index contributed by atoms with van der Waals surface area (Å²) in [5, 5.41) is 1.10. The number of thioether (sulfide) groups is 1. The largest absolute Gasteiger partial charge is 0.497 e. The van der Waals surface area contributed by atoms with Crippen molar-refractivity contribution in [3.05, 3.63) is 54.1 Å². The van der Waals surface area contributed by atoms with Crippen LogP contribution in [0.15, 0.2) is 53.7 Å². The Bertz CT molecular complexity index is 798. The van der Waals surface area contributed by atoms with Crippen LogP contribution in [-0.2, 0) is 6.54 Å². The third-order valence-electron chi connectivity index (χ3n) is 4.33. The Hall–Kier alpha value is -1.94. The van der Waals surface area contributed by atoms with Crippen molar-refractivity contribution in [1.29, 1.82) is 0 Å². The molecule has 3 rings (SSSR count). The zero-order valence-electron chi connectivity index (χ0n) is 15.1. The Morgan fingerprint density at radius 2 is 1.88 bits per heavy atom. The van der Waals surface area contributed by atoms with E-state index in [0.717, 1.165) is 34.2 Å². The van der Waals surface area contributed by atoms with Gasteiger partial charge in [0.2, 0.25) is 0 Å². The standard InChI is InChI=1S/C21H26N2OS/c1-3-4-5-9-14-25-21-22-19-13-12-18(24-2)15-20(19)23(21)16-17-10-7-6-8-11-17/h6-8,10-13,15H,3-5,9,14,16H2,1-2H3. The van der Waals surface area contributed by atoms with Crippen molar-refractivity contribution in [2.75, 3.05) is 12.9 Å². The van der Waals surface area contributed by atoms with Crippen molar-refractivity contribution in [3.63, 3.8) is 0 Å². The molecule has 0 fully saturated rings. The van der Waals surface area contributed by atoms with Gasteiger partial charge in [0.05, 0.1) is 24.7 Å². The Morgan fingerprint density at radius 3 is 2.64 bits per heavy atom. The van der Waals surface area contributed by atoms with Gasteiger partial charge in [0.15, 0.2) is 5.16 Å². The summed E-state index contributed by atoms with van der Waals surface area (Å²) >= 11 is 1.87. The van der Waals surface area contributed by atoms with Crippen LogP contribution >= 0.6 is 11.8 Å². The first-order valence-electron chi connectivity index (χ1n) is 9.03. The monoisotopic (exact) mass is 354 g/mol. The fraction of sp³-hybridized carbons (Fsp3) is 0.381. The average molecular weight is 355 g/mol. The SMILES string of the molecule is CCCCCCSc1nc2ccc(OC)cc2n1Cc1ccccc1. The van der Waals surface area contributed by atoms with Gasteiger partial charge in [-0.2, -0.15) is 0 Å². The molecular formula is C21H26N2OS. The van der Waals surface area contributed by atoms with Crippen molar-refractivity contribution in [2.45, 2.75) is 44.3 Å². The van der Waals surface area contributed by atoms with Gasteiger partial charge in [-0.3, -0.25) is 0 Å². The molecule has 0 spiro atoms. The number of aromatic nitrogens is 2. The summed E-state index contributed by atoms with van der Waals surface area (Å²) in [6, 6.07) is 16.7. The molecule has 0 amide bonds. The predicted octanol–water partition coefficient (Wildman–Crippen LogP) is 5.77. The van der Waals surface area contributed by atoms with Crippen LogP contribution in [0.25, 0.3) is 11.0 Å². The van der Waals surface area contributed by atoms with Gasteiger partial charge in [-0.15, -0.1) is 0 Å². The summed E-state index contributed by atoms with van der Waals surface area (Å²) in [6.45, 7) is 3.08. The van der Waals surface area contributed by atoms with E-state index in [2.05, 4.69) is 54.0 Å². The van der Waals surface area contributed by atoms with E-state index in [-0.39, 0.29) is 0 Å². The lowest BCUT2D eigenvalue weighted by Crippen LogP contribution is -2.02. The number of fused-ring (bicyclic) bond motifs is 1. The summed E-state index contributed by atoms with van der Waals surface area (Å²) in [4.78, 5) is 4.87. The number of hydrogen-bond donors (Lipinski definition) is 0. The smallest absolute Gasteiger partial charge is 0.169 e. The lowest BCUT2D eigenvalue weighted by atomic mass is 10.2. The fourth-order valence-electron chi connectivity index (χ4n) is 2.93. The Balaban J connectivity index is 1.87. The van der Waals surface area contributed by atoms with E-state index in [9.17, 15) is 0 Å². The summed E-state index contributed by atoms with van der Waals surface area (Å²) < 4.78 is 7.73. The summed E-state index contributed by atoms with van der Waals surface area (Å²) in [5.74, 6) is 2.00. The molecule has 0 bridgehead atoms. The van der Waals surface area contributed by atoms with Crippen molar-refractivity contribution in [3.8, 4) is 5.75 Å². The average Bonchev–Trinajstić information content (AvgIpc) is 2.99. The zero-order valence-corrected chi connectivity index (χ0v) is 15.9. The van der Waals surface area contributed by atoms with Crippen LogP contribution in [0.1, 0.15) is 38.2 Å². The predicted molar refractivity (Wildman–Crippen MR) is 107 cm³/mol. The maximum Gasteiger partial charge on any atom is 0.169 e. The molecule has 3 aromatic rings. The van der Waals surface area contributed by atoms with Crippen LogP contribution in [-0.4, -0.2) is 22.4 Å². The lowest BCUT2D eigenvalue weighted by Gasteiger charge is -2.10. The van der Waals surface area contributed by atoms with Gasteiger partial charge < -0.3 is 9.30 Å². The minimum atomic E-state index is 0.835. The molecule has 0 atom stereocenters. The number of nitrogens with zero attached hydrogens (tertiary/aromatic N) is 2. The molecule has 132 valence electrons. The Kier molecular flexibility index (Phi) is 6.40. The molecule has 1 aromatic heterocycles. The molecule has 0 saturated heterocycles. The Morgan fingerprint density at radius 1 is 1.04 bits per heavy atom. The highest BCUT2D eigenvalue weighted by Gasteiger charge is 2.12. The third kappa shape index (κ3) is 4.57. The molecule has 25 heavy (non-hydrogen) atoms. The molecule has 2 aromatic carbocycles. The van der Waals surface area contributed by atoms with Crippen molar-refractivity contribution < 1.29 is 4.74 Å². The van der Waals surface area contributed by atoms with Crippen molar-refractivity contribution in [1.82, 2.24) is 9.55 Å². The highest BCUT2D eigenvalue weighted by Crippen LogP contribution is 2.28. The molecule has 0 aliphatic rings. The second kappa shape index (κ2) is 8.95. The summed E-state index contributed by atoms with van der Waals surface area (Å²) in [7, 11) is 1.71. The topological polar surface area (TPSA) is 27.1 Å². The molecule has 4 heteroatoms. The zero-order chi connectivity index (χ0) is 17.5. The van der Waals surface area contributed by atoms with Crippen molar-refractivity contribution >= 4 is 22.8 Å². The van der Waals surface area contributed by atoms with E-state index in [1.54, 1.807) is 7.11 Å². The Labute approximate surface area is 154 Å². The van der Waals surface area contributed by atoms with Crippen LogP contribution in [0.2, 0.25) is 0 Å². The first-order valence-corrected chi connectivity index (χ1v) is 10.0. The number of ether oxygens (including phenoxy) is 1. The molecule has 0 unspecified atom stereocenters. The first-order chi connectivity index (χ1) is 12.3. The van der Waals surface area contributed by atoms with Crippen LogP contribution < -0.4 is 4.74 Å². The molecule has 0 aliphatic heterocycles. The minimum absolute atomic E-state index is 0.835. The highest BCUT2D eigenvalue weighted by atomic mass is 32.2. The van der Waals surface area contributed by atoms with E-state index in [1.807, 2.05) is 17.8 Å². The van der Waals surface area contributed by atoms with Crippen LogP contribution in [0.4, 0.5) is 0 Å². The van der Waals surface area contributed by atoms with Gasteiger partial charge in [0.1, 0.15) is 5.75 Å². The second-order valence-corrected chi connectivity index (χ2v) is 7.29. The van der Waals surface area contributed by atoms with Gasteiger partial charge in [-0.1, -0.05) is 68.3 Å². The van der Waals surface area contributed by atoms with Crippen LogP contribution in [0.5, 0.6) is 5.75 Å². The van der Waals surface area contributed by atoms with Crippen LogP contribution in [0.3, 0.4) is 0 Å². The number of hydrogen-bond acceptors (Lipinski definition) is 3. The third-order valence-corrected chi connectivity index (χ3v) is 5.40. The van der Waals surface area contributed by atoms with E-state index in [0.29, 0.717) is 0 Å². The fourth-order valence-corrected chi connectivity index (χ4v) is 3.94. The summed E-state index contributed by atoms with van der Waals surface area (Å²) in [5.41, 5.74) is 3.46. The molecule has 0 N–H and O–H groups in total. The van der Waals surface area contributed by atoms with E-state index in [1.165, 1.54) is 31.2 Å². The second-order valence-electron chi connectivity index (χ2n) is 6.23. The van der Waals surface area contributed by atoms with Gasteiger partial charge in [0.25, 0.3) is 0 Å². The number of imidazole rings is 1. The number of benzene rings is 2. The maximum atomic E-state index is 5.41. The van der Waals surface area contributed by atoms with E-state index < -0.39 is 0 Å². The number of rotatable bonds is 9. The van der Waals surface area contributed by atoms with Gasteiger partial charge in [-0.25, -0.2) is 4.98 Å². The number of methoxy groups -OCH3 is 1. The van der Waals surface area contributed by atoms with Crippen molar-refractivity contribution in [2.24, 2.45) is 0 Å². The lowest BCUT2D eigenvalue weighted by molar-refractivity contribution is 0.415. The summed E-state index contributed by atoms with van der Waals surface area (Å²) in [6.07, 6.45) is 5.14. The molecular weight excluding hydrogens is 328 g/mol. The van der Waals surface area contributed by atoms with Gasteiger partial charge in [-0.05, 0) is 24.1 Å². The van der Waals surface area contributed by atoms with Gasteiger partial charge >= 0.3 is 0 Å². The minimum Gasteiger partial charge on any atom is -0.497 e. The number of unbranched alkanes of at least 4 members (excludes halogenated alkanes) is 3. The normalized spacial score (nSPS) is 11.1. The molecule has 0 radical (unpaired) electrons. The van der Waals surface area contributed by atoms with Crippen LogP contribution in [0, 0.1) is 0 Å². The van der Waals surface area contributed by atoms with Gasteiger partial charge in [0, 0.05) is 11.8 Å². The first kappa shape index (κ1) is 17.9. The molecule has 3 nitrogen and oxygen atoms in total. The quantitative estimate of drug-likeness (QED) is 0.361. The maximum absolute atomic E-state index is 5.41. The molecule has 0 saturated carbocycles. The van der Waals surface area contributed by atoms with E-state index >= 15 is 0 Å². The van der Waals surface area contributed by atoms with E-state index in [4.69, 9.17) is 9.72 Å². The molecule has 0 aliphatic carbocycles. The highest BCUT2D eigenvalue weighted by molar-refractivity contribution is 7.99. The molecule has 1 heterocycles.